The number of ether oxygens (including phenoxy) is 1. The SMILES string of the molecule is CCCc1nc(COc2ccccc2C)sc1CO. The van der Waals surface area contributed by atoms with Crippen molar-refractivity contribution in [1.29, 1.82) is 0 Å². The number of rotatable bonds is 6. The van der Waals surface area contributed by atoms with E-state index in [0.29, 0.717) is 6.61 Å². The van der Waals surface area contributed by atoms with Gasteiger partial charge in [0, 0.05) is 0 Å². The minimum Gasteiger partial charge on any atom is -0.486 e. The van der Waals surface area contributed by atoms with Gasteiger partial charge in [0.2, 0.25) is 0 Å². The lowest BCUT2D eigenvalue weighted by molar-refractivity contribution is 0.284. The van der Waals surface area contributed by atoms with E-state index in [1.807, 2.05) is 31.2 Å². The first-order valence-corrected chi connectivity index (χ1v) is 7.33. The number of hydrogen-bond donors (Lipinski definition) is 1. The average molecular weight is 277 g/mol. The maximum atomic E-state index is 9.32. The molecular formula is C15H19NO2S. The number of nitrogens with zero attached hydrogens (tertiary/aromatic N) is 1. The van der Waals surface area contributed by atoms with Crippen LogP contribution in [-0.2, 0) is 19.6 Å². The molecule has 0 amide bonds. The van der Waals surface area contributed by atoms with Gasteiger partial charge in [-0.15, -0.1) is 11.3 Å². The summed E-state index contributed by atoms with van der Waals surface area (Å²) in [5.41, 5.74) is 2.13. The van der Waals surface area contributed by atoms with Crippen LogP contribution in [0.15, 0.2) is 24.3 Å². The van der Waals surface area contributed by atoms with E-state index in [9.17, 15) is 5.11 Å². The molecule has 1 N–H and O–H groups in total. The monoisotopic (exact) mass is 277 g/mol. The van der Waals surface area contributed by atoms with Gasteiger partial charge in [-0.05, 0) is 25.0 Å². The van der Waals surface area contributed by atoms with E-state index in [-0.39, 0.29) is 6.61 Å². The molecule has 1 aromatic heterocycles. The highest BCUT2D eigenvalue weighted by Crippen LogP contribution is 2.23. The van der Waals surface area contributed by atoms with Crippen molar-refractivity contribution in [3.63, 3.8) is 0 Å². The molecule has 0 saturated carbocycles. The van der Waals surface area contributed by atoms with Gasteiger partial charge in [0.05, 0.1) is 17.2 Å². The van der Waals surface area contributed by atoms with Gasteiger partial charge >= 0.3 is 0 Å². The number of benzene rings is 1. The number of hydrogen-bond acceptors (Lipinski definition) is 4. The van der Waals surface area contributed by atoms with E-state index >= 15 is 0 Å². The van der Waals surface area contributed by atoms with E-state index in [1.165, 1.54) is 11.3 Å². The first kappa shape index (κ1) is 14.0. The summed E-state index contributed by atoms with van der Waals surface area (Å²) in [7, 11) is 0. The third kappa shape index (κ3) is 3.55. The average Bonchev–Trinajstić information content (AvgIpc) is 2.81. The lowest BCUT2D eigenvalue weighted by Gasteiger charge is -2.06. The Balaban J connectivity index is 2.05. The van der Waals surface area contributed by atoms with Crippen LogP contribution in [0.4, 0.5) is 0 Å². The quantitative estimate of drug-likeness (QED) is 0.879. The molecule has 1 heterocycles. The Labute approximate surface area is 117 Å². The van der Waals surface area contributed by atoms with Crippen LogP contribution in [0.5, 0.6) is 5.75 Å². The molecule has 0 spiro atoms. The van der Waals surface area contributed by atoms with Crippen molar-refractivity contribution in [2.24, 2.45) is 0 Å². The molecule has 102 valence electrons. The van der Waals surface area contributed by atoms with E-state index in [2.05, 4.69) is 11.9 Å². The highest BCUT2D eigenvalue weighted by Gasteiger charge is 2.10. The molecule has 0 bridgehead atoms. The van der Waals surface area contributed by atoms with Crippen LogP contribution in [0, 0.1) is 6.92 Å². The molecule has 3 nitrogen and oxygen atoms in total. The van der Waals surface area contributed by atoms with Gasteiger partial charge in [0.1, 0.15) is 17.4 Å². The minimum atomic E-state index is 0.0668. The van der Waals surface area contributed by atoms with Crippen LogP contribution < -0.4 is 4.74 Å². The summed E-state index contributed by atoms with van der Waals surface area (Å²) in [6.45, 7) is 4.67. The van der Waals surface area contributed by atoms with Gasteiger partial charge < -0.3 is 9.84 Å². The zero-order valence-corrected chi connectivity index (χ0v) is 12.2. The normalized spacial score (nSPS) is 10.7. The third-order valence-corrected chi connectivity index (χ3v) is 3.95. The summed E-state index contributed by atoms with van der Waals surface area (Å²) in [5.74, 6) is 0.889. The van der Waals surface area contributed by atoms with E-state index < -0.39 is 0 Å². The van der Waals surface area contributed by atoms with Gasteiger partial charge in [0.15, 0.2) is 0 Å². The van der Waals surface area contributed by atoms with Gasteiger partial charge in [-0.1, -0.05) is 31.5 Å². The molecule has 0 atom stereocenters. The Kier molecular flexibility index (Phi) is 4.93. The standard InChI is InChI=1S/C15H19NO2S/c1-3-6-12-14(9-17)19-15(16-12)10-18-13-8-5-4-7-11(13)2/h4-5,7-8,17H,3,6,9-10H2,1-2H3. The van der Waals surface area contributed by atoms with Crippen molar-refractivity contribution in [2.75, 3.05) is 0 Å². The molecule has 0 aliphatic carbocycles. The highest BCUT2D eigenvalue weighted by atomic mass is 32.1. The van der Waals surface area contributed by atoms with Gasteiger partial charge in [-0.3, -0.25) is 0 Å². The van der Waals surface area contributed by atoms with Crippen molar-refractivity contribution in [3.8, 4) is 5.75 Å². The number of aliphatic hydroxyl groups excluding tert-OH is 1. The fourth-order valence-corrected chi connectivity index (χ4v) is 2.80. The van der Waals surface area contributed by atoms with Crippen LogP contribution in [0.2, 0.25) is 0 Å². The van der Waals surface area contributed by atoms with Gasteiger partial charge in [-0.2, -0.15) is 0 Å². The maximum absolute atomic E-state index is 9.32. The Morgan fingerprint density at radius 1 is 1.32 bits per heavy atom. The molecular weight excluding hydrogens is 258 g/mol. The molecule has 1 aromatic carbocycles. The molecule has 19 heavy (non-hydrogen) atoms. The summed E-state index contributed by atoms with van der Waals surface area (Å²) in [4.78, 5) is 5.51. The van der Waals surface area contributed by atoms with Crippen LogP contribution >= 0.6 is 11.3 Å². The smallest absolute Gasteiger partial charge is 0.140 e. The first-order chi connectivity index (χ1) is 9.24. The second-order valence-corrected chi connectivity index (χ2v) is 5.61. The van der Waals surface area contributed by atoms with Crippen molar-refractivity contribution < 1.29 is 9.84 Å². The Morgan fingerprint density at radius 2 is 2.11 bits per heavy atom. The number of aromatic nitrogens is 1. The minimum absolute atomic E-state index is 0.0668. The highest BCUT2D eigenvalue weighted by molar-refractivity contribution is 7.11. The molecule has 2 rings (SSSR count). The molecule has 0 aliphatic heterocycles. The van der Waals surface area contributed by atoms with Crippen molar-refractivity contribution in [1.82, 2.24) is 4.98 Å². The number of aliphatic hydroxyl groups is 1. The molecule has 2 aromatic rings. The van der Waals surface area contributed by atoms with Gasteiger partial charge in [0.25, 0.3) is 0 Å². The number of aryl methyl sites for hydroxylation is 2. The summed E-state index contributed by atoms with van der Waals surface area (Å²) >= 11 is 1.54. The fourth-order valence-electron chi connectivity index (χ4n) is 1.91. The zero-order valence-electron chi connectivity index (χ0n) is 11.3. The fraction of sp³-hybridized carbons (Fsp3) is 0.400. The second kappa shape index (κ2) is 6.68. The number of thiazole rings is 1. The van der Waals surface area contributed by atoms with Crippen LogP contribution in [0.25, 0.3) is 0 Å². The van der Waals surface area contributed by atoms with Crippen LogP contribution in [0.1, 0.15) is 34.5 Å². The van der Waals surface area contributed by atoms with Crippen LogP contribution in [0.3, 0.4) is 0 Å². The van der Waals surface area contributed by atoms with Crippen LogP contribution in [-0.4, -0.2) is 10.1 Å². The van der Waals surface area contributed by atoms with E-state index in [4.69, 9.17) is 4.74 Å². The molecule has 0 saturated heterocycles. The van der Waals surface area contributed by atoms with Gasteiger partial charge in [-0.25, -0.2) is 4.98 Å². The first-order valence-electron chi connectivity index (χ1n) is 6.51. The molecule has 0 aliphatic rings. The zero-order chi connectivity index (χ0) is 13.7. The van der Waals surface area contributed by atoms with Crippen molar-refractivity contribution in [2.45, 2.75) is 39.9 Å². The predicted molar refractivity (Wildman–Crippen MR) is 77.5 cm³/mol. The van der Waals surface area contributed by atoms with Crippen molar-refractivity contribution in [3.05, 3.63) is 45.4 Å². The molecule has 0 fully saturated rings. The lowest BCUT2D eigenvalue weighted by atomic mass is 10.2. The summed E-state index contributed by atoms with van der Waals surface area (Å²) < 4.78 is 5.78. The maximum Gasteiger partial charge on any atom is 0.140 e. The number of para-hydroxylation sites is 1. The Bertz CT molecular complexity index is 537. The molecule has 0 radical (unpaired) electrons. The third-order valence-electron chi connectivity index (χ3n) is 2.90. The lowest BCUT2D eigenvalue weighted by Crippen LogP contribution is -1.97. The predicted octanol–water partition coefficient (Wildman–Crippen LogP) is 3.48. The topological polar surface area (TPSA) is 42.4 Å². The van der Waals surface area contributed by atoms with E-state index in [0.717, 1.165) is 39.7 Å². The second-order valence-electron chi connectivity index (χ2n) is 4.44. The Morgan fingerprint density at radius 3 is 2.79 bits per heavy atom. The largest absolute Gasteiger partial charge is 0.486 e. The summed E-state index contributed by atoms with van der Waals surface area (Å²) in [5, 5.41) is 10.2. The summed E-state index contributed by atoms with van der Waals surface area (Å²) in [6, 6.07) is 7.95. The van der Waals surface area contributed by atoms with Crippen molar-refractivity contribution >= 4 is 11.3 Å². The molecule has 4 heteroatoms. The summed E-state index contributed by atoms with van der Waals surface area (Å²) in [6.07, 6.45) is 1.95. The molecule has 0 unspecified atom stereocenters. The Hall–Kier alpha value is -1.39. The van der Waals surface area contributed by atoms with E-state index in [1.54, 1.807) is 0 Å².